The molecule has 1 aromatic carbocycles. The highest BCUT2D eigenvalue weighted by atomic mass is 79.9. The van der Waals surface area contributed by atoms with Gasteiger partial charge in [0, 0.05) is 11.0 Å². The van der Waals surface area contributed by atoms with Crippen molar-refractivity contribution < 1.29 is 18.3 Å². The molecule has 0 unspecified atom stereocenters. The second-order valence-electron chi connectivity index (χ2n) is 3.86. The van der Waals surface area contributed by atoms with Crippen LogP contribution in [0, 0.1) is 6.92 Å². The third-order valence-electron chi connectivity index (χ3n) is 2.47. The number of hydrogen-bond acceptors (Lipinski definition) is 3. The predicted octanol–water partition coefficient (Wildman–Crippen LogP) is 2.31. The van der Waals surface area contributed by atoms with Crippen LogP contribution in [0.2, 0.25) is 0 Å². The van der Waals surface area contributed by atoms with Crippen LogP contribution < -0.4 is 4.72 Å². The van der Waals surface area contributed by atoms with Crippen molar-refractivity contribution >= 4 is 31.9 Å². The lowest BCUT2D eigenvalue weighted by Crippen LogP contribution is -2.25. The van der Waals surface area contributed by atoms with Crippen molar-refractivity contribution in [2.24, 2.45) is 0 Å². The highest BCUT2D eigenvalue weighted by molar-refractivity contribution is 9.10. The maximum Gasteiger partial charge on any atom is 0.335 e. The summed E-state index contributed by atoms with van der Waals surface area (Å²) in [5, 5.41) is 8.96. The quantitative estimate of drug-likeness (QED) is 0.610. The summed E-state index contributed by atoms with van der Waals surface area (Å²) >= 11 is 3.17. The Morgan fingerprint density at radius 3 is 2.68 bits per heavy atom. The molecular formula is C12H14BrNO4S. The molecule has 0 saturated carbocycles. The summed E-state index contributed by atoms with van der Waals surface area (Å²) in [5.74, 6) is -1.18. The highest BCUT2D eigenvalue weighted by Gasteiger charge is 2.20. The van der Waals surface area contributed by atoms with Crippen LogP contribution in [0.1, 0.15) is 22.3 Å². The summed E-state index contributed by atoms with van der Waals surface area (Å²) in [6, 6.07) is 2.53. The summed E-state index contributed by atoms with van der Waals surface area (Å²) in [7, 11) is -3.73. The predicted molar refractivity (Wildman–Crippen MR) is 75.8 cm³/mol. The first-order valence-electron chi connectivity index (χ1n) is 5.43. The van der Waals surface area contributed by atoms with E-state index in [0.717, 1.165) is 6.07 Å². The molecule has 0 saturated heterocycles. The SMILES string of the molecule is C=CCCNS(=O)(=O)c1cc(C(=O)O)cc(Br)c1C. The van der Waals surface area contributed by atoms with Gasteiger partial charge in [-0.05, 0) is 31.0 Å². The molecule has 0 heterocycles. The molecule has 0 aliphatic heterocycles. The van der Waals surface area contributed by atoms with Crippen LogP contribution >= 0.6 is 15.9 Å². The Bertz CT molecular complexity index is 610. The second-order valence-corrected chi connectivity index (χ2v) is 6.45. The number of sulfonamides is 1. The molecule has 0 aliphatic carbocycles. The molecule has 0 atom stereocenters. The zero-order valence-corrected chi connectivity index (χ0v) is 12.7. The fourth-order valence-corrected chi connectivity index (χ4v) is 3.36. The number of benzene rings is 1. The topological polar surface area (TPSA) is 83.5 Å². The molecule has 0 radical (unpaired) electrons. The van der Waals surface area contributed by atoms with Crippen LogP contribution in [0.3, 0.4) is 0 Å². The molecule has 5 nitrogen and oxygen atoms in total. The number of carbonyl (C=O) groups is 1. The molecule has 104 valence electrons. The van der Waals surface area contributed by atoms with Crippen LogP contribution in [0.25, 0.3) is 0 Å². The molecule has 0 fully saturated rings. The molecule has 0 spiro atoms. The van der Waals surface area contributed by atoms with Crippen LogP contribution in [-0.4, -0.2) is 26.0 Å². The van der Waals surface area contributed by atoms with Gasteiger partial charge in [-0.1, -0.05) is 22.0 Å². The van der Waals surface area contributed by atoms with Crippen LogP contribution in [0.5, 0.6) is 0 Å². The lowest BCUT2D eigenvalue weighted by molar-refractivity contribution is 0.0696. The largest absolute Gasteiger partial charge is 0.478 e. The molecule has 19 heavy (non-hydrogen) atoms. The molecular weight excluding hydrogens is 334 g/mol. The van der Waals surface area contributed by atoms with Crippen molar-refractivity contribution in [2.75, 3.05) is 6.54 Å². The molecule has 7 heteroatoms. The number of aromatic carboxylic acids is 1. The van der Waals surface area contributed by atoms with Crippen LogP contribution in [0.4, 0.5) is 0 Å². The Morgan fingerprint density at radius 2 is 2.16 bits per heavy atom. The Hall–Kier alpha value is -1.18. The van der Waals surface area contributed by atoms with Crippen molar-refractivity contribution in [2.45, 2.75) is 18.2 Å². The summed E-state index contributed by atoms with van der Waals surface area (Å²) in [6.07, 6.45) is 2.09. The Morgan fingerprint density at radius 1 is 1.53 bits per heavy atom. The summed E-state index contributed by atoms with van der Waals surface area (Å²) in [5.41, 5.74) is 0.387. The van der Waals surface area contributed by atoms with Gasteiger partial charge in [0.1, 0.15) is 0 Å². The van der Waals surface area contributed by atoms with Gasteiger partial charge in [-0.2, -0.15) is 0 Å². The lowest BCUT2D eigenvalue weighted by Gasteiger charge is -2.11. The van der Waals surface area contributed by atoms with E-state index in [1.54, 1.807) is 13.0 Å². The zero-order chi connectivity index (χ0) is 14.6. The van der Waals surface area contributed by atoms with Gasteiger partial charge < -0.3 is 5.11 Å². The van der Waals surface area contributed by atoms with Gasteiger partial charge >= 0.3 is 5.97 Å². The maximum atomic E-state index is 12.1. The Labute approximate surface area is 120 Å². The first-order valence-corrected chi connectivity index (χ1v) is 7.71. The van der Waals surface area contributed by atoms with Gasteiger partial charge in [0.25, 0.3) is 0 Å². The standard InChI is InChI=1S/C12H14BrNO4S/c1-3-4-5-14-19(17,18)11-7-9(12(15)16)6-10(13)8(11)2/h3,6-7,14H,1,4-5H2,2H3,(H,15,16). The number of rotatable bonds is 6. The fourth-order valence-electron chi connectivity index (χ4n) is 1.43. The minimum atomic E-state index is -3.73. The van der Waals surface area contributed by atoms with Gasteiger partial charge in [-0.15, -0.1) is 6.58 Å². The van der Waals surface area contributed by atoms with Crippen molar-refractivity contribution in [1.29, 1.82) is 0 Å². The van der Waals surface area contributed by atoms with E-state index in [0.29, 0.717) is 16.5 Å². The van der Waals surface area contributed by atoms with E-state index in [9.17, 15) is 13.2 Å². The molecule has 0 amide bonds. The molecule has 0 aromatic heterocycles. The minimum Gasteiger partial charge on any atom is -0.478 e. The minimum absolute atomic E-state index is 0.0386. The number of hydrogen-bond donors (Lipinski definition) is 2. The molecule has 1 aromatic rings. The normalized spacial score (nSPS) is 11.3. The third-order valence-corrected chi connectivity index (χ3v) is 4.88. The monoisotopic (exact) mass is 347 g/mol. The summed E-state index contributed by atoms with van der Waals surface area (Å²) in [6.45, 7) is 5.33. The maximum absolute atomic E-state index is 12.1. The number of nitrogens with one attached hydrogen (secondary N) is 1. The lowest BCUT2D eigenvalue weighted by atomic mass is 10.1. The second kappa shape index (κ2) is 6.31. The number of carboxylic acid groups (broad SMARTS) is 1. The molecule has 1 rings (SSSR count). The van der Waals surface area contributed by atoms with Crippen LogP contribution in [-0.2, 0) is 10.0 Å². The molecule has 0 aliphatic rings. The molecule has 2 N–H and O–H groups in total. The van der Waals surface area contributed by atoms with E-state index < -0.39 is 16.0 Å². The zero-order valence-electron chi connectivity index (χ0n) is 10.3. The first kappa shape index (κ1) is 15.9. The van der Waals surface area contributed by atoms with Gasteiger partial charge in [0.2, 0.25) is 10.0 Å². The van der Waals surface area contributed by atoms with Gasteiger partial charge in [0.15, 0.2) is 0 Å². The average molecular weight is 348 g/mol. The highest BCUT2D eigenvalue weighted by Crippen LogP contribution is 2.25. The summed E-state index contributed by atoms with van der Waals surface area (Å²) in [4.78, 5) is 10.9. The van der Waals surface area contributed by atoms with Gasteiger partial charge in [-0.25, -0.2) is 17.9 Å². The van der Waals surface area contributed by atoms with Crippen molar-refractivity contribution in [3.8, 4) is 0 Å². The van der Waals surface area contributed by atoms with E-state index in [1.165, 1.54) is 6.07 Å². The van der Waals surface area contributed by atoms with Gasteiger partial charge in [-0.3, -0.25) is 0 Å². The Kier molecular flexibility index (Phi) is 5.28. The summed E-state index contributed by atoms with van der Waals surface area (Å²) < 4.78 is 27.0. The fraction of sp³-hybridized carbons (Fsp3) is 0.250. The third kappa shape index (κ3) is 3.89. The number of halogens is 1. The first-order chi connectivity index (χ1) is 8.79. The van der Waals surface area contributed by atoms with E-state index in [1.807, 2.05) is 0 Å². The van der Waals surface area contributed by atoms with E-state index in [4.69, 9.17) is 5.11 Å². The molecule has 0 bridgehead atoms. The average Bonchev–Trinajstić information content (AvgIpc) is 2.32. The Balaban J connectivity index is 3.25. The smallest absolute Gasteiger partial charge is 0.335 e. The van der Waals surface area contributed by atoms with E-state index in [-0.39, 0.29) is 17.0 Å². The van der Waals surface area contributed by atoms with E-state index in [2.05, 4.69) is 27.2 Å². The van der Waals surface area contributed by atoms with Gasteiger partial charge in [0.05, 0.1) is 10.5 Å². The van der Waals surface area contributed by atoms with Crippen molar-refractivity contribution in [3.63, 3.8) is 0 Å². The van der Waals surface area contributed by atoms with E-state index >= 15 is 0 Å². The van der Waals surface area contributed by atoms with Crippen molar-refractivity contribution in [1.82, 2.24) is 4.72 Å². The van der Waals surface area contributed by atoms with Crippen LogP contribution in [0.15, 0.2) is 34.2 Å². The number of carboxylic acids is 1. The van der Waals surface area contributed by atoms with Crippen molar-refractivity contribution in [3.05, 3.63) is 40.4 Å².